The predicted octanol–water partition coefficient (Wildman–Crippen LogP) is 3.00. The van der Waals surface area contributed by atoms with Gasteiger partial charge in [0, 0.05) is 11.2 Å². The Morgan fingerprint density at radius 2 is 1.61 bits per heavy atom. The summed E-state index contributed by atoms with van der Waals surface area (Å²) in [5.41, 5.74) is -0.776. The first kappa shape index (κ1) is 18.2. The average molecular weight is 278 g/mol. The van der Waals surface area contributed by atoms with Gasteiger partial charge in [-0.15, -0.1) is 0 Å². The van der Waals surface area contributed by atoms with E-state index in [1.54, 1.807) is 13.8 Å². The van der Waals surface area contributed by atoms with E-state index in [4.69, 9.17) is 4.74 Å². The van der Waals surface area contributed by atoms with E-state index >= 15 is 0 Å². The molecule has 110 valence electrons. The molecule has 3 nitrogen and oxygen atoms in total. The van der Waals surface area contributed by atoms with Crippen LogP contribution < -0.4 is 0 Å². The van der Waals surface area contributed by atoms with Crippen LogP contribution >= 0.6 is 12.6 Å². The van der Waals surface area contributed by atoms with Gasteiger partial charge >= 0.3 is 0 Å². The van der Waals surface area contributed by atoms with Crippen LogP contribution in [-0.2, 0) is 4.74 Å². The van der Waals surface area contributed by atoms with Gasteiger partial charge in [0.05, 0.1) is 12.2 Å². The van der Waals surface area contributed by atoms with Crippen molar-refractivity contribution in [1.82, 2.24) is 0 Å². The van der Waals surface area contributed by atoms with Crippen molar-refractivity contribution in [1.29, 1.82) is 0 Å². The first-order chi connectivity index (χ1) is 7.81. The van der Waals surface area contributed by atoms with E-state index in [9.17, 15) is 10.2 Å². The van der Waals surface area contributed by atoms with Crippen molar-refractivity contribution in [2.45, 2.75) is 77.4 Å². The number of aliphatic hydroxyl groups excluding tert-OH is 1. The van der Waals surface area contributed by atoms with Crippen molar-refractivity contribution in [3.8, 4) is 0 Å². The van der Waals surface area contributed by atoms with Gasteiger partial charge < -0.3 is 14.9 Å². The summed E-state index contributed by atoms with van der Waals surface area (Å²) in [5.74, 6) is 0. The van der Waals surface area contributed by atoms with E-state index < -0.39 is 11.9 Å². The molecule has 0 aromatic rings. The quantitative estimate of drug-likeness (QED) is 0.472. The number of hydrogen-bond donors (Lipinski definition) is 3. The summed E-state index contributed by atoms with van der Waals surface area (Å²) in [4.78, 5) is 0. The molecule has 0 heterocycles. The Morgan fingerprint density at radius 1 is 1.11 bits per heavy atom. The van der Waals surface area contributed by atoms with Gasteiger partial charge in [-0.2, -0.15) is 12.6 Å². The smallest absolute Gasteiger partial charge is 0.155 e. The van der Waals surface area contributed by atoms with Gasteiger partial charge in [-0.25, -0.2) is 0 Å². The SMILES string of the molecule is CC(C)(O)CCOC(O)CC(C)(C)CC(C)(C)S. The van der Waals surface area contributed by atoms with Crippen LogP contribution in [0.3, 0.4) is 0 Å². The van der Waals surface area contributed by atoms with Crippen molar-refractivity contribution in [3.05, 3.63) is 0 Å². The van der Waals surface area contributed by atoms with Crippen LogP contribution in [0, 0.1) is 5.41 Å². The van der Waals surface area contributed by atoms with E-state index in [1.165, 1.54) is 0 Å². The highest BCUT2D eigenvalue weighted by Gasteiger charge is 2.29. The molecular formula is C14H30O3S. The fourth-order valence-corrected chi connectivity index (χ4v) is 2.65. The molecule has 0 aromatic heterocycles. The highest BCUT2D eigenvalue weighted by Crippen LogP contribution is 2.35. The fraction of sp³-hybridized carbons (Fsp3) is 1.00. The standard InChI is InChI=1S/C14H30O3S/c1-12(2,10-14(5,6)18)9-11(15)17-8-7-13(3,4)16/h11,15-16,18H,7-10H2,1-6H3. The molecule has 0 aliphatic heterocycles. The van der Waals surface area contributed by atoms with Gasteiger partial charge in [-0.3, -0.25) is 0 Å². The maximum Gasteiger partial charge on any atom is 0.155 e. The fourth-order valence-electron chi connectivity index (χ4n) is 2.22. The van der Waals surface area contributed by atoms with Crippen molar-refractivity contribution >= 4 is 12.6 Å². The van der Waals surface area contributed by atoms with Crippen molar-refractivity contribution < 1.29 is 14.9 Å². The van der Waals surface area contributed by atoms with Gasteiger partial charge in [0.15, 0.2) is 6.29 Å². The lowest BCUT2D eigenvalue weighted by Gasteiger charge is -2.33. The maximum atomic E-state index is 9.85. The second kappa shape index (κ2) is 6.60. The normalized spacial score (nSPS) is 15.8. The molecule has 0 fully saturated rings. The van der Waals surface area contributed by atoms with E-state index in [1.807, 2.05) is 0 Å². The molecule has 0 saturated carbocycles. The Labute approximate surface area is 117 Å². The molecule has 0 spiro atoms. The molecule has 0 saturated heterocycles. The lowest BCUT2D eigenvalue weighted by atomic mass is 9.80. The minimum atomic E-state index is -0.780. The number of thiol groups is 1. The molecule has 1 unspecified atom stereocenters. The van der Waals surface area contributed by atoms with Crippen molar-refractivity contribution in [2.24, 2.45) is 5.41 Å². The molecule has 0 radical (unpaired) electrons. The lowest BCUT2D eigenvalue weighted by Crippen LogP contribution is -2.30. The molecule has 0 aromatic carbocycles. The minimum Gasteiger partial charge on any atom is -0.390 e. The monoisotopic (exact) mass is 278 g/mol. The third kappa shape index (κ3) is 11.3. The van der Waals surface area contributed by atoms with E-state index in [0.717, 1.165) is 6.42 Å². The van der Waals surface area contributed by atoms with Gasteiger partial charge in [0.25, 0.3) is 0 Å². The lowest BCUT2D eigenvalue weighted by molar-refractivity contribution is -0.129. The third-order valence-corrected chi connectivity index (χ3v) is 2.82. The Kier molecular flexibility index (Phi) is 6.68. The number of hydrogen-bond acceptors (Lipinski definition) is 4. The Bertz CT molecular complexity index is 238. The second-order valence-electron chi connectivity index (χ2n) is 7.25. The summed E-state index contributed by atoms with van der Waals surface area (Å²) in [6.07, 6.45) is 1.21. The molecule has 2 N–H and O–H groups in total. The predicted molar refractivity (Wildman–Crippen MR) is 79.0 cm³/mol. The Morgan fingerprint density at radius 3 is 2.00 bits per heavy atom. The van der Waals surface area contributed by atoms with Crippen LogP contribution in [0.15, 0.2) is 0 Å². The van der Waals surface area contributed by atoms with Crippen LogP contribution in [0.1, 0.15) is 60.8 Å². The molecule has 1 atom stereocenters. The van der Waals surface area contributed by atoms with Crippen LogP contribution in [0.2, 0.25) is 0 Å². The minimum absolute atomic E-state index is 0.0284. The second-order valence-corrected chi connectivity index (χ2v) is 8.46. The highest BCUT2D eigenvalue weighted by molar-refractivity contribution is 7.81. The van der Waals surface area contributed by atoms with Crippen LogP contribution in [0.25, 0.3) is 0 Å². The first-order valence-electron chi connectivity index (χ1n) is 6.55. The van der Waals surface area contributed by atoms with E-state index in [0.29, 0.717) is 19.4 Å². The van der Waals surface area contributed by atoms with E-state index in [-0.39, 0.29) is 10.2 Å². The van der Waals surface area contributed by atoms with Crippen LogP contribution in [-0.4, -0.2) is 33.5 Å². The molecule has 4 heteroatoms. The van der Waals surface area contributed by atoms with Gasteiger partial charge in [-0.05, 0) is 32.1 Å². The topological polar surface area (TPSA) is 49.7 Å². The zero-order valence-corrected chi connectivity index (χ0v) is 13.6. The summed E-state index contributed by atoms with van der Waals surface area (Å²) in [6.45, 7) is 12.2. The van der Waals surface area contributed by atoms with Crippen molar-refractivity contribution in [2.75, 3.05) is 6.61 Å². The maximum absolute atomic E-state index is 9.85. The van der Waals surface area contributed by atoms with Gasteiger partial charge in [0.1, 0.15) is 0 Å². The summed E-state index contributed by atoms with van der Waals surface area (Å²) >= 11 is 4.52. The van der Waals surface area contributed by atoms with Gasteiger partial charge in [-0.1, -0.05) is 27.7 Å². The summed E-state index contributed by atoms with van der Waals surface area (Å²) in [6, 6.07) is 0. The summed E-state index contributed by atoms with van der Waals surface area (Å²) < 4.78 is 5.28. The molecule has 0 rings (SSSR count). The number of ether oxygens (including phenoxy) is 1. The third-order valence-electron chi connectivity index (χ3n) is 2.66. The zero-order valence-electron chi connectivity index (χ0n) is 12.7. The number of rotatable bonds is 8. The Hall–Kier alpha value is 0.230. The number of aliphatic hydroxyl groups is 2. The van der Waals surface area contributed by atoms with Crippen LogP contribution in [0.5, 0.6) is 0 Å². The zero-order chi connectivity index (χ0) is 14.6. The molecule has 0 aliphatic rings. The molecule has 0 aliphatic carbocycles. The molecule has 0 bridgehead atoms. The highest BCUT2D eigenvalue weighted by atomic mass is 32.1. The van der Waals surface area contributed by atoms with Crippen LogP contribution in [0.4, 0.5) is 0 Å². The summed E-state index contributed by atoms with van der Waals surface area (Å²) in [7, 11) is 0. The van der Waals surface area contributed by atoms with Crippen molar-refractivity contribution in [3.63, 3.8) is 0 Å². The summed E-state index contributed by atoms with van der Waals surface area (Å²) in [5, 5.41) is 19.4. The largest absolute Gasteiger partial charge is 0.390 e. The van der Waals surface area contributed by atoms with Gasteiger partial charge in [0.2, 0.25) is 0 Å². The molecular weight excluding hydrogens is 248 g/mol. The first-order valence-corrected chi connectivity index (χ1v) is 7.00. The Balaban J connectivity index is 4.03. The molecule has 18 heavy (non-hydrogen) atoms. The van der Waals surface area contributed by atoms with E-state index in [2.05, 4.69) is 40.3 Å². The average Bonchev–Trinajstić information content (AvgIpc) is 1.93. The molecule has 0 amide bonds.